The van der Waals surface area contributed by atoms with Crippen LogP contribution in [0.1, 0.15) is 26.7 Å². The maximum atomic E-state index is 11.8. The number of aliphatic hydroxyl groups excluding tert-OH is 1. The lowest BCUT2D eigenvalue weighted by molar-refractivity contribution is -0.122. The van der Waals surface area contributed by atoms with Gasteiger partial charge in [0, 0.05) is 25.6 Å². The third-order valence-corrected chi connectivity index (χ3v) is 5.85. The summed E-state index contributed by atoms with van der Waals surface area (Å²) >= 11 is 1.13. The second-order valence-electron chi connectivity index (χ2n) is 5.01. The van der Waals surface area contributed by atoms with Crippen LogP contribution in [-0.2, 0) is 14.8 Å². The topological polar surface area (TPSA) is 95.5 Å². The Labute approximate surface area is 129 Å². The molecule has 1 rings (SSSR count). The Morgan fingerprint density at radius 2 is 2.14 bits per heavy atom. The predicted molar refractivity (Wildman–Crippen MR) is 82.6 cm³/mol. The highest BCUT2D eigenvalue weighted by molar-refractivity contribution is 7.91. The highest BCUT2D eigenvalue weighted by Crippen LogP contribution is 2.15. The summed E-state index contributed by atoms with van der Waals surface area (Å²) in [5.74, 6) is -0.0139. The monoisotopic (exact) mass is 334 g/mol. The highest BCUT2D eigenvalue weighted by Gasteiger charge is 2.17. The molecule has 0 aliphatic carbocycles. The molecule has 0 fully saturated rings. The highest BCUT2D eigenvalue weighted by atomic mass is 32.2. The predicted octanol–water partition coefficient (Wildman–Crippen LogP) is 0.940. The van der Waals surface area contributed by atoms with Gasteiger partial charge in [-0.05, 0) is 23.8 Å². The summed E-state index contributed by atoms with van der Waals surface area (Å²) in [4.78, 5) is 11.8. The maximum absolute atomic E-state index is 11.8. The molecule has 8 heteroatoms. The molecule has 1 aromatic heterocycles. The molecular formula is C13H22N2O4S2. The first-order valence-corrected chi connectivity index (χ1v) is 9.16. The molecule has 1 atom stereocenters. The molecule has 3 N–H and O–H groups in total. The summed E-state index contributed by atoms with van der Waals surface area (Å²) in [5.41, 5.74) is 0. The third-order valence-electron chi connectivity index (χ3n) is 3.00. The number of hydrogen-bond acceptors (Lipinski definition) is 5. The average Bonchev–Trinajstić information content (AvgIpc) is 2.92. The van der Waals surface area contributed by atoms with E-state index in [0.29, 0.717) is 6.42 Å². The Bertz CT molecular complexity index is 526. The summed E-state index contributed by atoms with van der Waals surface area (Å²) in [6, 6.07) is 3.08. The van der Waals surface area contributed by atoms with Gasteiger partial charge in [-0.3, -0.25) is 4.79 Å². The molecule has 120 valence electrons. The van der Waals surface area contributed by atoms with Gasteiger partial charge < -0.3 is 10.4 Å². The molecule has 1 aromatic rings. The van der Waals surface area contributed by atoms with Crippen molar-refractivity contribution in [2.75, 3.05) is 13.2 Å². The Morgan fingerprint density at radius 1 is 1.43 bits per heavy atom. The second kappa shape index (κ2) is 8.47. The normalized spacial score (nSPS) is 13.3. The molecule has 0 aliphatic rings. The average molecular weight is 334 g/mol. The van der Waals surface area contributed by atoms with E-state index in [9.17, 15) is 13.2 Å². The number of rotatable bonds is 9. The maximum Gasteiger partial charge on any atom is 0.250 e. The van der Waals surface area contributed by atoms with Gasteiger partial charge in [-0.2, -0.15) is 0 Å². The summed E-state index contributed by atoms with van der Waals surface area (Å²) in [6.07, 6.45) is 0.559. The Balaban J connectivity index is 2.40. The van der Waals surface area contributed by atoms with Gasteiger partial charge in [-0.25, -0.2) is 13.1 Å². The molecule has 21 heavy (non-hydrogen) atoms. The molecule has 1 unspecified atom stereocenters. The number of amides is 1. The zero-order valence-electron chi connectivity index (χ0n) is 12.2. The van der Waals surface area contributed by atoms with Gasteiger partial charge in [0.2, 0.25) is 15.9 Å². The number of carbonyl (C=O) groups is 1. The van der Waals surface area contributed by atoms with E-state index in [1.165, 1.54) is 6.07 Å². The first-order valence-electron chi connectivity index (χ1n) is 6.80. The minimum absolute atomic E-state index is 0.00807. The zero-order chi connectivity index (χ0) is 15.9. The van der Waals surface area contributed by atoms with E-state index in [-0.39, 0.29) is 41.6 Å². The van der Waals surface area contributed by atoms with Crippen LogP contribution in [0.25, 0.3) is 0 Å². The van der Waals surface area contributed by atoms with Crippen molar-refractivity contribution >= 4 is 27.3 Å². The standard InChI is InChI=1S/C13H22N2O4S2/c1-10(2)11(6-8-16)15-12(17)5-7-14-21(18,19)13-4-3-9-20-13/h3-4,9-11,14,16H,5-8H2,1-2H3,(H,15,17). The number of thiophene rings is 1. The summed E-state index contributed by atoms with van der Waals surface area (Å²) in [5, 5.41) is 13.4. The molecule has 0 saturated carbocycles. The smallest absolute Gasteiger partial charge is 0.250 e. The molecule has 0 spiro atoms. The van der Waals surface area contributed by atoms with Gasteiger partial charge in [0.05, 0.1) is 0 Å². The van der Waals surface area contributed by atoms with Gasteiger partial charge in [-0.15, -0.1) is 11.3 Å². The van der Waals surface area contributed by atoms with Crippen LogP contribution >= 0.6 is 11.3 Å². The van der Waals surface area contributed by atoms with E-state index in [4.69, 9.17) is 5.11 Å². The fraction of sp³-hybridized carbons (Fsp3) is 0.615. The van der Waals surface area contributed by atoms with Crippen molar-refractivity contribution in [2.45, 2.75) is 36.9 Å². The molecule has 6 nitrogen and oxygen atoms in total. The number of carbonyl (C=O) groups excluding carboxylic acids is 1. The second-order valence-corrected chi connectivity index (χ2v) is 7.95. The molecule has 0 radical (unpaired) electrons. The van der Waals surface area contributed by atoms with Crippen molar-refractivity contribution in [3.63, 3.8) is 0 Å². The molecule has 0 aromatic carbocycles. The first kappa shape index (κ1) is 18.1. The molecule has 0 aliphatic heterocycles. The van der Waals surface area contributed by atoms with Gasteiger partial charge in [0.25, 0.3) is 0 Å². The van der Waals surface area contributed by atoms with Crippen LogP contribution in [-0.4, -0.2) is 38.6 Å². The van der Waals surface area contributed by atoms with Gasteiger partial charge in [0.15, 0.2) is 0 Å². The van der Waals surface area contributed by atoms with Crippen LogP contribution in [0.3, 0.4) is 0 Å². The molecule has 0 saturated heterocycles. The Kier molecular flexibility index (Phi) is 7.30. The van der Waals surface area contributed by atoms with Gasteiger partial charge in [-0.1, -0.05) is 19.9 Å². The minimum atomic E-state index is -3.52. The van der Waals surface area contributed by atoms with E-state index in [0.717, 1.165) is 11.3 Å². The molecule has 1 amide bonds. The zero-order valence-corrected chi connectivity index (χ0v) is 13.8. The van der Waals surface area contributed by atoms with Crippen molar-refractivity contribution in [1.82, 2.24) is 10.0 Å². The van der Waals surface area contributed by atoms with Crippen LogP contribution < -0.4 is 10.0 Å². The van der Waals surface area contributed by atoms with Crippen LogP contribution in [0.5, 0.6) is 0 Å². The lowest BCUT2D eigenvalue weighted by Gasteiger charge is -2.21. The van der Waals surface area contributed by atoms with E-state index in [1.807, 2.05) is 13.8 Å². The quantitative estimate of drug-likeness (QED) is 0.626. The van der Waals surface area contributed by atoms with E-state index in [2.05, 4.69) is 10.0 Å². The lowest BCUT2D eigenvalue weighted by atomic mass is 10.0. The number of aliphatic hydroxyl groups is 1. The van der Waals surface area contributed by atoms with Crippen LogP contribution in [0.2, 0.25) is 0 Å². The Hall–Kier alpha value is -0.960. The van der Waals surface area contributed by atoms with E-state index >= 15 is 0 Å². The van der Waals surface area contributed by atoms with Crippen molar-refractivity contribution in [3.05, 3.63) is 17.5 Å². The third kappa shape index (κ3) is 6.13. The fourth-order valence-electron chi connectivity index (χ4n) is 1.78. The summed E-state index contributed by atoms with van der Waals surface area (Å²) in [7, 11) is -3.52. The summed E-state index contributed by atoms with van der Waals surface area (Å²) in [6.45, 7) is 3.98. The fourth-order valence-corrected chi connectivity index (χ4v) is 3.85. The van der Waals surface area contributed by atoms with Gasteiger partial charge >= 0.3 is 0 Å². The number of sulfonamides is 1. The Morgan fingerprint density at radius 3 is 2.67 bits per heavy atom. The van der Waals surface area contributed by atoms with Crippen LogP contribution in [0.4, 0.5) is 0 Å². The SMILES string of the molecule is CC(C)C(CCO)NC(=O)CCNS(=O)(=O)c1cccs1. The van der Waals surface area contributed by atoms with Gasteiger partial charge in [0.1, 0.15) is 4.21 Å². The summed E-state index contributed by atoms with van der Waals surface area (Å²) < 4.78 is 26.3. The number of hydrogen-bond donors (Lipinski definition) is 3. The van der Waals surface area contributed by atoms with Crippen molar-refractivity contribution in [3.8, 4) is 0 Å². The largest absolute Gasteiger partial charge is 0.396 e. The van der Waals surface area contributed by atoms with Crippen LogP contribution in [0.15, 0.2) is 21.7 Å². The molecule has 0 bridgehead atoms. The lowest BCUT2D eigenvalue weighted by Crippen LogP contribution is -2.40. The van der Waals surface area contributed by atoms with Crippen molar-refractivity contribution in [1.29, 1.82) is 0 Å². The first-order chi connectivity index (χ1) is 9.86. The van der Waals surface area contributed by atoms with Crippen molar-refractivity contribution in [2.24, 2.45) is 5.92 Å². The number of nitrogens with one attached hydrogen (secondary N) is 2. The van der Waals surface area contributed by atoms with E-state index < -0.39 is 10.0 Å². The van der Waals surface area contributed by atoms with Crippen molar-refractivity contribution < 1.29 is 18.3 Å². The van der Waals surface area contributed by atoms with Crippen LogP contribution in [0, 0.1) is 5.92 Å². The molecular weight excluding hydrogens is 312 g/mol. The molecule has 1 heterocycles. The van der Waals surface area contributed by atoms with E-state index in [1.54, 1.807) is 11.4 Å². The minimum Gasteiger partial charge on any atom is -0.396 e.